The van der Waals surface area contributed by atoms with Crippen molar-refractivity contribution in [1.82, 2.24) is 14.7 Å². The van der Waals surface area contributed by atoms with Gasteiger partial charge in [-0.2, -0.15) is 0 Å². The summed E-state index contributed by atoms with van der Waals surface area (Å²) in [5.41, 5.74) is 2.72. The van der Waals surface area contributed by atoms with E-state index in [-0.39, 0.29) is 48.6 Å². The van der Waals surface area contributed by atoms with Gasteiger partial charge in [-0.25, -0.2) is 4.39 Å². The van der Waals surface area contributed by atoms with E-state index in [1.165, 1.54) is 5.56 Å². The Morgan fingerprint density at radius 2 is 1.61 bits per heavy atom. The van der Waals surface area contributed by atoms with Crippen molar-refractivity contribution < 1.29 is 9.50 Å². The second-order valence-corrected chi connectivity index (χ2v) is 9.12. The van der Waals surface area contributed by atoms with Crippen LogP contribution in [0.15, 0.2) is 42.5 Å². The highest BCUT2D eigenvalue weighted by molar-refractivity contribution is 5.86. The van der Waals surface area contributed by atoms with E-state index in [9.17, 15) is 9.50 Å². The van der Waals surface area contributed by atoms with Gasteiger partial charge in [0.25, 0.3) is 0 Å². The van der Waals surface area contributed by atoms with Gasteiger partial charge in [0.15, 0.2) is 0 Å². The maximum Gasteiger partial charge on any atom is 0.128 e. The number of halogens is 4. The molecular formula is C25H37Cl3FN3O. The Balaban J connectivity index is 0.00000181. The molecule has 0 aromatic heterocycles. The number of likely N-dealkylation sites (N-methyl/N-ethyl adjacent to an activating group) is 1. The Morgan fingerprint density at radius 1 is 0.970 bits per heavy atom. The van der Waals surface area contributed by atoms with Crippen molar-refractivity contribution in [3.63, 3.8) is 0 Å². The Morgan fingerprint density at radius 3 is 2.24 bits per heavy atom. The fourth-order valence-corrected chi connectivity index (χ4v) is 5.19. The van der Waals surface area contributed by atoms with Crippen molar-refractivity contribution in [1.29, 1.82) is 0 Å². The van der Waals surface area contributed by atoms with Crippen LogP contribution in [0.25, 0.3) is 0 Å². The van der Waals surface area contributed by atoms with Gasteiger partial charge in [0.1, 0.15) is 11.6 Å². The third-order valence-corrected chi connectivity index (χ3v) is 7.09. The van der Waals surface area contributed by atoms with E-state index < -0.39 is 0 Å². The number of hydrogen-bond donors (Lipinski definition) is 1. The second kappa shape index (κ2) is 13.1. The fraction of sp³-hybridized carbons (Fsp3) is 0.520. The van der Waals surface area contributed by atoms with Gasteiger partial charge in [0.05, 0.1) is 0 Å². The number of rotatable bonds is 6. The predicted molar refractivity (Wildman–Crippen MR) is 141 cm³/mol. The monoisotopic (exact) mass is 519 g/mol. The number of piperazine rings is 1. The molecule has 0 amide bonds. The molecular weight excluding hydrogens is 484 g/mol. The second-order valence-electron chi connectivity index (χ2n) is 9.12. The summed E-state index contributed by atoms with van der Waals surface area (Å²) >= 11 is 0. The molecule has 0 radical (unpaired) electrons. The molecule has 4 rings (SSSR count). The van der Waals surface area contributed by atoms with E-state index in [0.29, 0.717) is 5.75 Å². The standard InChI is InChI=1S/C25H34FN3O.3ClH/c1-27-13-15-29(16-14-27)19-21-17-20(9-10-24(21)30)18-28(2)25(11-5-6-12-25)22-7-3-4-8-23(22)26;;;/h3-4,7-10,17,30H,5-6,11-16,18-19H2,1-2H3;3*1H. The van der Waals surface area contributed by atoms with Gasteiger partial charge in [-0.15, -0.1) is 37.2 Å². The molecule has 0 spiro atoms. The van der Waals surface area contributed by atoms with Crippen LogP contribution in [0.3, 0.4) is 0 Å². The molecule has 33 heavy (non-hydrogen) atoms. The number of hydrogen-bond acceptors (Lipinski definition) is 4. The van der Waals surface area contributed by atoms with Crippen LogP contribution in [0.5, 0.6) is 5.75 Å². The summed E-state index contributed by atoms with van der Waals surface area (Å²) in [6, 6.07) is 13.2. The van der Waals surface area contributed by atoms with Crippen molar-refractivity contribution in [3.8, 4) is 5.75 Å². The summed E-state index contributed by atoms with van der Waals surface area (Å²) in [7, 11) is 4.27. The molecule has 186 valence electrons. The highest BCUT2D eigenvalue weighted by atomic mass is 35.5. The Bertz CT molecular complexity index is 872. The molecule has 1 N–H and O–H groups in total. The van der Waals surface area contributed by atoms with Crippen LogP contribution in [0, 0.1) is 5.82 Å². The normalized spacial score (nSPS) is 18.3. The van der Waals surface area contributed by atoms with Crippen molar-refractivity contribution >= 4 is 37.2 Å². The Hall–Kier alpha value is -1.08. The maximum absolute atomic E-state index is 14.7. The fourth-order valence-electron chi connectivity index (χ4n) is 5.19. The van der Waals surface area contributed by atoms with Crippen LogP contribution in [-0.4, -0.2) is 60.1 Å². The van der Waals surface area contributed by atoms with Crippen LogP contribution in [0.4, 0.5) is 4.39 Å². The molecule has 2 aromatic carbocycles. The van der Waals surface area contributed by atoms with E-state index in [1.54, 1.807) is 12.1 Å². The van der Waals surface area contributed by atoms with Crippen LogP contribution in [0.1, 0.15) is 42.4 Å². The zero-order valence-electron chi connectivity index (χ0n) is 19.5. The van der Waals surface area contributed by atoms with Crippen LogP contribution < -0.4 is 0 Å². The molecule has 2 aromatic rings. The summed E-state index contributed by atoms with van der Waals surface area (Å²) in [5, 5.41) is 10.4. The number of nitrogens with zero attached hydrogens (tertiary/aromatic N) is 3. The lowest BCUT2D eigenvalue weighted by Gasteiger charge is -2.40. The summed E-state index contributed by atoms with van der Waals surface area (Å²) in [4.78, 5) is 7.07. The number of phenols is 1. The molecule has 1 heterocycles. The molecule has 1 saturated heterocycles. The first-order valence-corrected chi connectivity index (χ1v) is 11.2. The van der Waals surface area contributed by atoms with Crippen LogP contribution in [-0.2, 0) is 18.6 Å². The predicted octanol–water partition coefficient (Wildman–Crippen LogP) is 5.45. The Kier molecular flexibility index (Phi) is 11.9. The SMILES string of the molecule is CN1CCN(Cc2cc(CN(C)C3(c4ccccc4F)CCCC3)ccc2O)CC1.Cl.Cl.Cl. The highest BCUT2D eigenvalue weighted by Gasteiger charge is 2.41. The average Bonchev–Trinajstić information content (AvgIpc) is 3.23. The van der Waals surface area contributed by atoms with Crippen molar-refractivity contribution in [2.24, 2.45) is 0 Å². The topological polar surface area (TPSA) is 30.0 Å². The lowest BCUT2D eigenvalue weighted by Crippen LogP contribution is -2.44. The largest absolute Gasteiger partial charge is 0.508 e. The molecule has 4 nitrogen and oxygen atoms in total. The third kappa shape index (κ3) is 6.74. The van der Waals surface area contributed by atoms with E-state index in [0.717, 1.165) is 76.1 Å². The summed E-state index contributed by atoms with van der Waals surface area (Å²) in [6.07, 6.45) is 4.22. The van der Waals surface area contributed by atoms with Crippen molar-refractivity contribution in [2.45, 2.75) is 44.3 Å². The zero-order valence-corrected chi connectivity index (χ0v) is 22.0. The number of aromatic hydroxyl groups is 1. The van der Waals surface area contributed by atoms with Crippen molar-refractivity contribution in [2.75, 3.05) is 40.3 Å². The van der Waals surface area contributed by atoms with E-state index in [4.69, 9.17) is 0 Å². The third-order valence-electron chi connectivity index (χ3n) is 7.09. The van der Waals surface area contributed by atoms with Gasteiger partial charge in [0, 0.05) is 55.9 Å². The van der Waals surface area contributed by atoms with Crippen LogP contribution >= 0.6 is 37.2 Å². The number of benzene rings is 2. The summed E-state index contributed by atoms with van der Waals surface area (Å²) in [6.45, 7) is 5.69. The molecule has 1 saturated carbocycles. The van der Waals surface area contributed by atoms with Crippen LogP contribution in [0.2, 0.25) is 0 Å². The minimum Gasteiger partial charge on any atom is -0.508 e. The zero-order chi connectivity index (χ0) is 21.1. The Labute approximate surface area is 216 Å². The molecule has 2 fully saturated rings. The van der Waals surface area contributed by atoms with Gasteiger partial charge in [-0.1, -0.05) is 37.1 Å². The van der Waals surface area contributed by atoms with Gasteiger partial charge in [-0.3, -0.25) is 9.80 Å². The molecule has 1 aliphatic heterocycles. The lowest BCUT2D eigenvalue weighted by atomic mass is 9.85. The molecule has 1 aliphatic carbocycles. The van der Waals surface area contributed by atoms with E-state index in [2.05, 4.69) is 34.9 Å². The average molecular weight is 521 g/mol. The highest BCUT2D eigenvalue weighted by Crippen LogP contribution is 2.44. The number of phenolic OH excluding ortho intramolecular Hbond substituents is 1. The lowest BCUT2D eigenvalue weighted by molar-refractivity contribution is 0.110. The van der Waals surface area contributed by atoms with Gasteiger partial charge in [-0.05, 0) is 50.7 Å². The van der Waals surface area contributed by atoms with Gasteiger partial charge in [0.2, 0.25) is 0 Å². The molecule has 0 bridgehead atoms. The van der Waals surface area contributed by atoms with Crippen molar-refractivity contribution in [3.05, 3.63) is 65.0 Å². The first-order valence-electron chi connectivity index (χ1n) is 11.2. The first-order chi connectivity index (χ1) is 14.5. The quantitative estimate of drug-likeness (QED) is 0.549. The van der Waals surface area contributed by atoms with Gasteiger partial charge >= 0.3 is 0 Å². The smallest absolute Gasteiger partial charge is 0.128 e. The minimum atomic E-state index is -0.249. The molecule has 2 aliphatic rings. The summed E-state index contributed by atoms with van der Waals surface area (Å²) < 4.78 is 14.7. The summed E-state index contributed by atoms with van der Waals surface area (Å²) in [5.74, 6) is 0.262. The van der Waals surface area contributed by atoms with E-state index >= 15 is 0 Å². The first kappa shape index (κ1) is 30.0. The molecule has 8 heteroatoms. The van der Waals surface area contributed by atoms with Gasteiger partial charge < -0.3 is 10.0 Å². The maximum atomic E-state index is 14.7. The molecule has 0 atom stereocenters. The molecule has 0 unspecified atom stereocenters. The van der Waals surface area contributed by atoms with E-state index in [1.807, 2.05) is 24.3 Å². The minimum absolute atomic E-state index is 0.